The summed E-state index contributed by atoms with van der Waals surface area (Å²) >= 11 is 0. The van der Waals surface area contributed by atoms with E-state index < -0.39 is 58.6 Å². The molecule has 4 aliphatic rings. The summed E-state index contributed by atoms with van der Waals surface area (Å²) in [5.74, 6) is -1.37. The molecule has 2 saturated heterocycles. The highest BCUT2D eigenvalue weighted by Crippen LogP contribution is 2.71. The lowest BCUT2D eigenvalue weighted by atomic mass is 9.50. The van der Waals surface area contributed by atoms with E-state index in [2.05, 4.69) is 0 Å². The summed E-state index contributed by atoms with van der Waals surface area (Å²) in [5.41, 5.74) is -2.41. The van der Waals surface area contributed by atoms with Gasteiger partial charge in [-0.25, -0.2) is 0 Å². The van der Waals surface area contributed by atoms with Crippen LogP contribution >= 0.6 is 0 Å². The molecule has 0 radical (unpaired) electrons. The lowest BCUT2D eigenvalue weighted by Gasteiger charge is -2.58. The van der Waals surface area contributed by atoms with Crippen LogP contribution in [0.3, 0.4) is 0 Å². The molecule has 8 heteroatoms. The second-order valence-electron chi connectivity index (χ2n) is 8.28. The first-order valence-electron chi connectivity index (χ1n) is 9.10. The van der Waals surface area contributed by atoms with Crippen molar-refractivity contribution < 1.29 is 38.4 Å². The van der Waals surface area contributed by atoms with E-state index in [1.807, 2.05) is 6.92 Å². The van der Waals surface area contributed by atoms with Crippen molar-refractivity contribution in [3.63, 3.8) is 0 Å². The number of ether oxygens (including phenoxy) is 4. The van der Waals surface area contributed by atoms with Crippen molar-refractivity contribution >= 4 is 17.7 Å². The third-order valence-corrected chi connectivity index (χ3v) is 6.98. The van der Waals surface area contributed by atoms with Gasteiger partial charge in [0.15, 0.2) is 5.78 Å². The Bertz CT molecular complexity index is 753. The molecule has 7 atom stereocenters. The summed E-state index contributed by atoms with van der Waals surface area (Å²) in [4.78, 5) is 35.9. The molecule has 0 aromatic carbocycles. The van der Waals surface area contributed by atoms with Crippen molar-refractivity contribution in [2.24, 2.45) is 10.8 Å². The average Bonchev–Trinajstić information content (AvgIpc) is 3.34. The Morgan fingerprint density at radius 3 is 2.56 bits per heavy atom. The Balaban J connectivity index is 1.86. The minimum absolute atomic E-state index is 0.190. The molecule has 8 nitrogen and oxygen atoms in total. The van der Waals surface area contributed by atoms with Gasteiger partial charge in [-0.05, 0) is 25.0 Å². The van der Waals surface area contributed by atoms with Gasteiger partial charge in [-0.1, -0.05) is 6.92 Å². The number of carbonyl (C=O) groups excluding carboxylic acids is 3. The summed E-state index contributed by atoms with van der Waals surface area (Å²) in [5, 5.41) is 11.1. The quantitative estimate of drug-likeness (QED) is 0.550. The molecule has 27 heavy (non-hydrogen) atoms. The fraction of sp³-hybridized carbons (Fsp3) is 0.737. The normalized spacial score (nSPS) is 47.3. The minimum Gasteiger partial charge on any atom is -0.465 e. The van der Waals surface area contributed by atoms with E-state index in [0.29, 0.717) is 18.6 Å². The standard InChI is InChI=1S/C19H24O8/c1-9-5-13-18(7-24-10(2)20,15(23)14(9)22)17(4)6-12(26-11(3)21)16(27-13)19(17)8-25-19/h5,12-13,15-16,23H,6-8H2,1-4H3/t12-,13-,15-,16-,17?,18-,19?/m1/s1. The van der Waals surface area contributed by atoms with Crippen LogP contribution in [0.2, 0.25) is 0 Å². The van der Waals surface area contributed by atoms with Crippen LogP contribution in [0.5, 0.6) is 0 Å². The van der Waals surface area contributed by atoms with Crippen LogP contribution in [-0.4, -0.2) is 66.1 Å². The number of fused-ring (bicyclic) bond motifs is 2. The van der Waals surface area contributed by atoms with E-state index in [0.717, 1.165) is 0 Å². The van der Waals surface area contributed by atoms with E-state index in [-0.39, 0.29) is 6.61 Å². The van der Waals surface area contributed by atoms with Gasteiger partial charge in [-0.2, -0.15) is 0 Å². The summed E-state index contributed by atoms with van der Waals surface area (Å²) in [6.07, 6.45) is -1.15. The van der Waals surface area contributed by atoms with Gasteiger partial charge in [0.2, 0.25) is 0 Å². The van der Waals surface area contributed by atoms with E-state index in [4.69, 9.17) is 18.9 Å². The largest absolute Gasteiger partial charge is 0.465 e. The van der Waals surface area contributed by atoms with Gasteiger partial charge in [0, 0.05) is 19.3 Å². The molecule has 2 aliphatic carbocycles. The highest BCUT2D eigenvalue weighted by Gasteiger charge is 2.84. The molecule has 0 aromatic heterocycles. The predicted molar refractivity (Wildman–Crippen MR) is 89.5 cm³/mol. The highest BCUT2D eigenvalue weighted by molar-refractivity contribution is 6.00. The lowest BCUT2D eigenvalue weighted by Crippen LogP contribution is -2.70. The number of hydrogen-bond acceptors (Lipinski definition) is 8. The van der Waals surface area contributed by atoms with Gasteiger partial charge >= 0.3 is 11.9 Å². The predicted octanol–water partition coefficient (Wildman–Crippen LogP) is 0.304. The minimum atomic E-state index is -1.42. The fourth-order valence-electron chi connectivity index (χ4n) is 5.49. The molecular formula is C19H24O8. The number of ketones is 1. The summed E-state index contributed by atoms with van der Waals surface area (Å²) in [6.45, 7) is 6.30. The molecule has 148 valence electrons. The molecule has 4 rings (SSSR count). The van der Waals surface area contributed by atoms with Crippen molar-refractivity contribution in [3.8, 4) is 0 Å². The molecule has 0 amide bonds. The molecule has 2 heterocycles. The first-order valence-corrected chi connectivity index (χ1v) is 9.10. The molecule has 3 fully saturated rings. The fourth-order valence-corrected chi connectivity index (χ4v) is 5.49. The zero-order chi connectivity index (χ0) is 19.8. The Morgan fingerprint density at radius 1 is 1.33 bits per heavy atom. The number of rotatable bonds is 3. The van der Waals surface area contributed by atoms with Crippen LogP contribution in [0.25, 0.3) is 0 Å². The summed E-state index contributed by atoms with van der Waals surface area (Å²) < 4.78 is 22.9. The Kier molecular flexibility index (Phi) is 3.87. The van der Waals surface area contributed by atoms with Gasteiger partial charge in [0.05, 0.1) is 18.1 Å². The smallest absolute Gasteiger partial charge is 0.302 e. The second-order valence-corrected chi connectivity index (χ2v) is 8.28. The van der Waals surface area contributed by atoms with Gasteiger partial charge in [0.1, 0.15) is 30.5 Å². The maximum absolute atomic E-state index is 12.7. The van der Waals surface area contributed by atoms with Crippen LogP contribution < -0.4 is 0 Å². The number of hydrogen-bond donors (Lipinski definition) is 1. The van der Waals surface area contributed by atoms with Crippen LogP contribution in [-0.2, 0) is 33.3 Å². The number of Topliss-reactive ketones (excluding diaryl/α,β-unsaturated/α-hetero) is 1. The van der Waals surface area contributed by atoms with Crippen molar-refractivity contribution in [1.82, 2.24) is 0 Å². The molecule has 1 N–H and O–H groups in total. The summed E-state index contributed by atoms with van der Waals surface area (Å²) in [6, 6.07) is 0. The maximum Gasteiger partial charge on any atom is 0.302 e. The monoisotopic (exact) mass is 380 g/mol. The first-order chi connectivity index (χ1) is 12.6. The third kappa shape index (κ3) is 2.17. The number of aliphatic hydroxyl groups is 1. The van der Waals surface area contributed by atoms with Crippen LogP contribution in [0.1, 0.15) is 34.1 Å². The van der Waals surface area contributed by atoms with Gasteiger partial charge in [0.25, 0.3) is 0 Å². The average molecular weight is 380 g/mol. The first kappa shape index (κ1) is 18.6. The Morgan fingerprint density at radius 2 is 2.00 bits per heavy atom. The topological polar surface area (TPSA) is 112 Å². The zero-order valence-corrected chi connectivity index (χ0v) is 15.8. The molecule has 2 unspecified atom stereocenters. The highest BCUT2D eigenvalue weighted by atomic mass is 16.7. The van der Waals surface area contributed by atoms with Gasteiger partial charge in [-0.3, -0.25) is 14.4 Å². The molecular weight excluding hydrogens is 356 g/mol. The number of aliphatic hydroxyl groups excluding tert-OH is 1. The van der Waals surface area contributed by atoms with Gasteiger partial charge in [-0.15, -0.1) is 0 Å². The third-order valence-electron chi connectivity index (χ3n) is 6.98. The van der Waals surface area contributed by atoms with E-state index in [1.165, 1.54) is 13.8 Å². The maximum atomic E-state index is 12.7. The lowest BCUT2D eigenvalue weighted by molar-refractivity contribution is -0.248. The molecule has 2 aliphatic heterocycles. The van der Waals surface area contributed by atoms with E-state index >= 15 is 0 Å². The SMILES string of the molecule is CC(=O)OC[C@]12[C@H](O)C(=O)C(C)=C[C@H]1O[C@@H]1[C@H](OC(C)=O)CC2(C)C12CO2. The number of epoxide rings is 1. The molecule has 1 saturated carbocycles. The molecule has 2 bridgehead atoms. The van der Waals surface area contributed by atoms with Crippen molar-refractivity contribution in [2.45, 2.75) is 64.1 Å². The van der Waals surface area contributed by atoms with Crippen molar-refractivity contribution in [2.75, 3.05) is 13.2 Å². The van der Waals surface area contributed by atoms with Crippen molar-refractivity contribution in [1.29, 1.82) is 0 Å². The van der Waals surface area contributed by atoms with Crippen LogP contribution in [0.15, 0.2) is 11.6 Å². The van der Waals surface area contributed by atoms with Crippen LogP contribution in [0.4, 0.5) is 0 Å². The Labute approximate surface area is 156 Å². The van der Waals surface area contributed by atoms with Crippen molar-refractivity contribution in [3.05, 3.63) is 11.6 Å². The zero-order valence-electron chi connectivity index (χ0n) is 15.8. The Hall–Kier alpha value is -1.77. The second kappa shape index (κ2) is 5.62. The summed E-state index contributed by atoms with van der Waals surface area (Å²) in [7, 11) is 0. The van der Waals surface area contributed by atoms with E-state index in [9.17, 15) is 19.5 Å². The van der Waals surface area contributed by atoms with E-state index in [1.54, 1.807) is 13.0 Å². The number of esters is 2. The van der Waals surface area contributed by atoms with Gasteiger partial charge < -0.3 is 24.1 Å². The molecule has 1 spiro atoms. The van der Waals surface area contributed by atoms with Crippen LogP contribution in [0, 0.1) is 10.8 Å². The number of carbonyl (C=O) groups is 3. The molecule has 0 aromatic rings.